The van der Waals surface area contributed by atoms with Gasteiger partial charge in [-0.2, -0.15) is 5.10 Å². The number of benzene rings is 1. The Hall–Kier alpha value is -3.16. The number of amides is 4. The van der Waals surface area contributed by atoms with Crippen molar-refractivity contribution in [3.63, 3.8) is 0 Å². The molecule has 4 amide bonds. The molecule has 2 N–H and O–H groups in total. The molecule has 1 saturated carbocycles. The maximum atomic E-state index is 12.5. The molecule has 1 saturated heterocycles. The third-order valence-electron chi connectivity index (χ3n) is 5.17. The van der Waals surface area contributed by atoms with Crippen LogP contribution in [0.25, 0.3) is 0 Å². The highest BCUT2D eigenvalue weighted by atomic mass is 16.2. The number of rotatable bonds is 4. The number of imide groups is 1. The smallest absolute Gasteiger partial charge is 0.329 e. The van der Waals surface area contributed by atoms with Crippen LogP contribution in [0.5, 0.6) is 0 Å². The molecule has 0 unspecified atom stereocenters. The van der Waals surface area contributed by atoms with E-state index in [0.29, 0.717) is 17.3 Å². The van der Waals surface area contributed by atoms with Gasteiger partial charge in [-0.05, 0) is 56.0 Å². The molecule has 0 atom stereocenters. The summed E-state index contributed by atoms with van der Waals surface area (Å²) in [4.78, 5) is 36.8. The third-order valence-corrected chi connectivity index (χ3v) is 5.17. The first kappa shape index (κ1) is 17.3. The molecule has 4 rings (SSSR count). The van der Waals surface area contributed by atoms with E-state index < -0.39 is 6.03 Å². The number of nitrogens with zero attached hydrogens (tertiary/aromatic N) is 3. The molecule has 1 aromatic carbocycles. The van der Waals surface area contributed by atoms with Gasteiger partial charge in [0, 0.05) is 29.7 Å². The summed E-state index contributed by atoms with van der Waals surface area (Å²) in [5, 5.41) is 9.62. The van der Waals surface area contributed by atoms with E-state index in [1.807, 2.05) is 16.9 Å². The van der Waals surface area contributed by atoms with Crippen molar-refractivity contribution in [3.05, 3.63) is 48.3 Å². The van der Waals surface area contributed by atoms with Crippen LogP contribution >= 0.6 is 0 Å². The van der Waals surface area contributed by atoms with Crippen molar-refractivity contribution >= 4 is 23.5 Å². The molecule has 140 valence electrons. The van der Waals surface area contributed by atoms with Crippen LogP contribution in [-0.2, 0) is 4.79 Å². The maximum Gasteiger partial charge on any atom is 0.329 e. The summed E-state index contributed by atoms with van der Waals surface area (Å²) >= 11 is 0. The minimum Gasteiger partial charge on any atom is -0.349 e. The van der Waals surface area contributed by atoms with Gasteiger partial charge in [0.2, 0.25) is 5.91 Å². The van der Waals surface area contributed by atoms with E-state index in [0.717, 1.165) is 25.7 Å². The largest absolute Gasteiger partial charge is 0.349 e. The molecule has 2 aromatic rings. The first-order chi connectivity index (χ1) is 13.1. The van der Waals surface area contributed by atoms with Crippen molar-refractivity contribution in [1.29, 1.82) is 0 Å². The number of hydrogen-bond acceptors (Lipinski definition) is 4. The van der Waals surface area contributed by atoms with Crippen LogP contribution < -0.4 is 15.5 Å². The first-order valence-electron chi connectivity index (χ1n) is 9.11. The van der Waals surface area contributed by atoms with Crippen molar-refractivity contribution in [2.45, 2.75) is 37.8 Å². The minimum atomic E-state index is -0.439. The Morgan fingerprint density at radius 1 is 1.11 bits per heavy atom. The Bertz CT molecular complexity index is 839. The highest BCUT2D eigenvalue weighted by Crippen LogP contribution is 2.28. The highest BCUT2D eigenvalue weighted by molar-refractivity contribution is 6.12. The SMILES string of the molecule is O=C1CN(c2ccc(C(=O)NC3CCC(n4cccn4)CC3)cc2)C(=O)N1. The van der Waals surface area contributed by atoms with Gasteiger partial charge in [0.1, 0.15) is 6.54 Å². The predicted molar refractivity (Wildman–Crippen MR) is 98.3 cm³/mol. The van der Waals surface area contributed by atoms with E-state index in [4.69, 9.17) is 0 Å². The highest BCUT2D eigenvalue weighted by Gasteiger charge is 2.28. The van der Waals surface area contributed by atoms with E-state index in [2.05, 4.69) is 15.7 Å². The molecule has 1 aliphatic carbocycles. The molecule has 2 heterocycles. The summed E-state index contributed by atoms with van der Waals surface area (Å²) in [7, 11) is 0. The average molecular weight is 367 g/mol. The fourth-order valence-electron chi connectivity index (χ4n) is 3.69. The van der Waals surface area contributed by atoms with Gasteiger partial charge < -0.3 is 5.32 Å². The van der Waals surface area contributed by atoms with Crippen molar-refractivity contribution in [2.75, 3.05) is 11.4 Å². The zero-order valence-corrected chi connectivity index (χ0v) is 14.8. The number of aromatic nitrogens is 2. The second-order valence-electron chi connectivity index (χ2n) is 6.95. The lowest BCUT2D eigenvalue weighted by atomic mass is 9.91. The Morgan fingerprint density at radius 2 is 1.85 bits per heavy atom. The summed E-state index contributed by atoms with van der Waals surface area (Å²) in [5.74, 6) is -0.446. The second kappa shape index (κ2) is 7.22. The van der Waals surface area contributed by atoms with Gasteiger partial charge in [0.25, 0.3) is 5.91 Å². The molecular formula is C19H21N5O3. The third kappa shape index (κ3) is 3.69. The lowest BCUT2D eigenvalue weighted by Crippen LogP contribution is -2.38. The molecule has 8 nitrogen and oxygen atoms in total. The van der Waals surface area contributed by atoms with Gasteiger partial charge >= 0.3 is 6.03 Å². The standard InChI is InChI=1S/C19H21N5O3/c25-17-12-23(19(27)22-17)15-6-2-13(3-7-15)18(26)21-14-4-8-16(9-5-14)24-11-1-10-20-24/h1-3,6-7,10-11,14,16H,4-5,8-9,12H2,(H,21,26)(H,22,25,27). The van der Waals surface area contributed by atoms with Crippen LogP contribution in [0.15, 0.2) is 42.7 Å². The van der Waals surface area contributed by atoms with E-state index >= 15 is 0 Å². The lowest BCUT2D eigenvalue weighted by Gasteiger charge is -2.29. The Morgan fingerprint density at radius 3 is 2.44 bits per heavy atom. The molecule has 2 fully saturated rings. The van der Waals surface area contributed by atoms with Crippen molar-refractivity contribution in [1.82, 2.24) is 20.4 Å². The van der Waals surface area contributed by atoms with Crippen molar-refractivity contribution in [2.24, 2.45) is 0 Å². The van der Waals surface area contributed by atoms with Gasteiger partial charge in [-0.1, -0.05) is 0 Å². The number of carbonyl (C=O) groups is 3. The average Bonchev–Trinajstić information content (AvgIpc) is 3.32. The van der Waals surface area contributed by atoms with E-state index in [9.17, 15) is 14.4 Å². The van der Waals surface area contributed by atoms with Crippen LogP contribution in [0.1, 0.15) is 42.1 Å². The van der Waals surface area contributed by atoms with E-state index in [1.54, 1.807) is 30.5 Å². The van der Waals surface area contributed by atoms with Gasteiger partial charge in [0.05, 0.1) is 6.04 Å². The van der Waals surface area contributed by atoms with Crippen LogP contribution in [0.2, 0.25) is 0 Å². The molecule has 8 heteroatoms. The van der Waals surface area contributed by atoms with Gasteiger partial charge in [-0.25, -0.2) is 4.79 Å². The second-order valence-corrected chi connectivity index (χ2v) is 6.95. The quantitative estimate of drug-likeness (QED) is 0.806. The normalized spacial score (nSPS) is 22.6. The van der Waals surface area contributed by atoms with Crippen molar-refractivity contribution in [3.8, 4) is 0 Å². The zero-order chi connectivity index (χ0) is 18.8. The summed E-state index contributed by atoms with van der Waals surface area (Å²) in [6, 6.07) is 8.77. The number of nitrogens with one attached hydrogen (secondary N) is 2. The monoisotopic (exact) mass is 367 g/mol. The van der Waals surface area contributed by atoms with Crippen LogP contribution in [0, 0.1) is 0 Å². The number of urea groups is 1. The lowest BCUT2D eigenvalue weighted by molar-refractivity contribution is -0.117. The summed E-state index contributed by atoms with van der Waals surface area (Å²) in [6.07, 6.45) is 7.60. The summed E-state index contributed by atoms with van der Waals surface area (Å²) < 4.78 is 2.00. The van der Waals surface area contributed by atoms with E-state index in [1.165, 1.54) is 4.90 Å². The topological polar surface area (TPSA) is 96.3 Å². The molecular weight excluding hydrogens is 346 g/mol. The van der Waals surface area contributed by atoms with Gasteiger partial charge in [-0.3, -0.25) is 24.5 Å². The van der Waals surface area contributed by atoms with Crippen LogP contribution in [0.3, 0.4) is 0 Å². The molecule has 27 heavy (non-hydrogen) atoms. The Labute approximate surface area is 156 Å². The Balaban J connectivity index is 1.32. The van der Waals surface area contributed by atoms with Gasteiger partial charge in [0.15, 0.2) is 0 Å². The molecule has 1 aromatic heterocycles. The van der Waals surface area contributed by atoms with Gasteiger partial charge in [-0.15, -0.1) is 0 Å². The molecule has 0 spiro atoms. The van der Waals surface area contributed by atoms with Crippen molar-refractivity contribution < 1.29 is 14.4 Å². The summed E-state index contributed by atoms with van der Waals surface area (Å²) in [6.45, 7) is 0.00384. The zero-order valence-electron chi connectivity index (χ0n) is 14.8. The maximum absolute atomic E-state index is 12.5. The van der Waals surface area contributed by atoms with Crippen LogP contribution in [0.4, 0.5) is 10.5 Å². The number of carbonyl (C=O) groups excluding carboxylic acids is 3. The van der Waals surface area contributed by atoms with E-state index in [-0.39, 0.29) is 24.4 Å². The number of anilines is 1. The minimum absolute atomic E-state index is 0.00384. The summed E-state index contributed by atoms with van der Waals surface area (Å²) in [5.41, 5.74) is 1.13. The number of hydrogen-bond donors (Lipinski definition) is 2. The molecule has 0 radical (unpaired) electrons. The predicted octanol–water partition coefficient (Wildman–Crippen LogP) is 1.85. The first-order valence-corrected chi connectivity index (χ1v) is 9.11. The molecule has 2 aliphatic rings. The fraction of sp³-hybridized carbons (Fsp3) is 0.368. The fourth-order valence-corrected chi connectivity index (χ4v) is 3.69. The van der Waals surface area contributed by atoms with Crippen LogP contribution in [-0.4, -0.2) is 40.2 Å². The molecule has 1 aliphatic heterocycles. The molecule has 0 bridgehead atoms. The Kier molecular flexibility index (Phi) is 4.62.